The summed E-state index contributed by atoms with van der Waals surface area (Å²) in [4.78, 5) is 28.5. The quantitative estimate of drug-likeness (QED) is 0.0851. The molecule has 2 aromatic carbocycles. The normalized spacial score (nSPS) is 22.3. The summed E-state index contributed by atoms with van der Waals surface area (Å²) in [6.45, 7) is 12.7. The van der Waals surface area contributed by atoms with Gasteiger partial charge in [-0.15, -0.1) is 0 Å². The summed E-state index contributed by atoms with van der Waals surface area (Å²) in [6, 6.07) is 21.2. The molecular weight excluding hydrogens is 841 g/mol. The summed E-state index contributed by atoms with van der Waals surface area (Å²) in [6.07, 6.45) is 17.1. The number of aromatic amines is 2. The molecule has 0 saturated carbocycles. The number of nitrogens with zero attached hydrogens (tertiary/aromatic N) is 8. The highest BCUT2D eigenvalue weighted by atomic mass is 16.5. The number of aromatic nitrogens is 8. The van der Waals surface area contributed by atoms with Crippen LogP contribution in [-0.4, -0.2) is 107 Å². The molecule has 4 aromatic heterocycles. The number of carbonyl (C=O) groups excluding carboxylic acids is 2. The summed E-state index contributed by atoms with van der Waals surface area (Å²) in [5, 5.41) is 40.7. The molecule has 0 bridgehead atoms. The topological polar surface area (TPSA) is 175 Å². The Morgan fingerprint density at radius 3 is 1.54 bits per heavy atom. The Hall–Kier alpha value is -5.90. The molecule has 0 radical (unpaired) electrons. The second-order valence-corrected chi connectivity index (χ2v) is 21.5. The number of carbonyl (C=O) groups is 2. The lowest BCUT2D eigenvalue weighted by Crippen LogP contribution is -2.48. The number of H-pyrrole nitrogens is 2. The van der Waals surface area contributed by atoms with Crippen molar-refractivity contribution in [3.05, 3.63) is 130 Å². The van der Waals surface area contributed by atoms with Gasteiger partial charge < -0.3 is 15.5 Å². The second kappa shape index (κ2) is 19.0. The molecule has 2 aliphatic heterocycles. The summed E-state index contributed by atoms with van der Waals surface area (Å²) in [7, 11) is 4.05. The van der Waals surface area contributed by atoms with Crippen LogP contribution in [0.3, 0.4) is 0 Å². The van der Waals surface area contributed by atoms with Crippen LogP contribution in [0.25, 0.3) is 0 Å². The van der Waals surface area contributed by atoms with Gasteiger partial charge >= 0.3 is 0 Å². The highest BCUT2D eigenvalue weighted by molar-refractivity contribution is 6.04. The summed E-state index contributed by atoms with van der Waals surface area (Å²) < 4.78 is 4.07. The summed E-state index contributed by atoms with van der Waals surface area (Å²) in [5.41, 5.74) is 9.58. The Labute approximate surface area is 394 Å². The van der Waals surface area contributed by atoms with Gasteiger partial charge in [0.1, 0.15) is 13.1 Å². The third kappa shape index (κ3) is 10.6. The molecule has 2 fully saturated rings. The first-order chi connectivity index (χ1) is 32.1. The van der Waals surface area contributed by atoms with Crippen LogP contribution in [-0.2, 0) is 25.7 Å². The molecule has 15 nitrogen and oxygen atoms in total. The van der Waals surface area contributed by atoms with Crippen LogP contribution >= 0.6 is 0 Å². The first-order valence-corrected chi connectivity index (χ1v) is 24.3. The lowest BCUT2D eigenvalue weighted by Gasteiger charge is -2.37. The van der Waals surface area contributed by atoms with Crippen molar-refractivity contribution >= 4 is 23.2 Å². The van der Waals surface area contributed by atoms with Crippen molar-refractivity contribution in [3.63, 3.8) is 0 Å². The van der Waals surface area contributed by atoms with Crippen LogP contribution < -0.4 is 10.6 Å². The zero-order valence-electron chi connectivity index (χ0n) is 40.1. The molecule has 354 valence electrons. The fraction of sp³-hybridized carbons (Fsp3) is 0.500. The fourth-order valence-corrected chi connectivity index (χ4v) is 10.9. The molecule has 2 amide bonds. The lowest BCUT2D eigenvalue weighted by atomic mass is 9.76. The monoisotopic (exact) mass is 910 g/mol. The summed E-state index contributed by atoms with van der Waals surface area (Å²) >= 11 is 0. The number of rotatable bonds is 10. The zero-order valence-corrected chi connectivity index (χ0v) is 40.1. The molecule has 2 atom stereocenters. The van der Waals surface area contributed by atoms with Gasteiger partial charge in [0.15, 0.2) is 11.4 Å². The largest absolute Gasteiger partial charge is 0.318 e. The van der Waals surface area contributed by atoms with Gasteiger partial charge in [0, 0.05) is 47.8 Å². The van der Waals surface area contributed by atoms with Crippen molar-refractivity contribution < 1.29 is 19.4 Å². The van der Waals surface area contributed by atoms with E-state index in [1.165, 1.54) is 11.1 Å². The van der Waals surface area contributed by atoms with Gasteiger partial charge in [-0.2, -0.15) is 25.0 Å². The number of hydrogen-bond acceptors (Lipinski definition) is 8. The Morgan fingerprint density at radius 1 is 0.687 bits per heavy atom. The van der Waals surface area contributed by atoms with Crippen LogP contribution in [0.15, 0.2) is 85.5 Å². The lowest BCUT2D eigenvalue weighted by molar-refractivity contribution is -1.09. The third-order valence-corrected chi connectivity index (χ3v) is 14.9. The number of anilines is 2. The number of amides is 2. The third-order valence-electron chi connectivity index (χ3n) is 14.9. The van der Waals surface area contributed by atoms with E-state index in [1.54, 1.807) is 12.4 Å². The molecule has 2 unspecified atom stereocenters. The molecule has 0 spiro atoms. The molecule has 2 aliphatic carbocycles. The number of hydrogen-bond donors (Lipinski definition) is 5. The average Bonchev–Trinajstić information content (AvgIpc) is 4.13. The SMILES string of the molecule is CC1(C)CCc2c(C(=O)Nc3cnn(C(c4ccccc4)C4CC[N+](C)(O)CC4)c3)n[nH]c2C1.CN1CCC(C(c2ccccc2)n2cc(NC(=O)c3n[nH]c4c3CCC(C)(C)C4)cn2)CC1. The minimum Gasteiger partial charge on any atom is -0.318 e. The molecule has 67 heavy (non-hydrogen) atoms. The van der Waals surface area contributed by atoms with Crippen molar-refractivity contribution in [3.8, 4) is 0 Å². The molecule has 4 aliphatic rings. The molecule has 6 heterocycles. The molecule has 2 saturated heterocycles. The van der Waals surface area contributed by atoms with E-state index in [0.29, 0.717) is 34.6 Å². The van der Waals surface area contributed by atoms with Gasteiger partial charge in [0.05, 0.1) is 42.9 Å². The number of quaternary nitrogens is 1. The van der Waals surface area contributed by atoms with Crippen LogP contribution in [0.5, 0.6) is 0 Å². The van der Waals surface area contributed by atoms with E-state index >= 15 is 0 Å². The number of likely N-dealkylation sites (tertiary alicyclic amines) is 2. The van der Waals surface area contributed by atoms with Crippen molar-refractivity contribution in [2.24, 2.45) is 22.7 Å². The fourth-order valence-electron chi connectivity index (χ4n) is 10.9. The standard InChI is InChI=1S/C26H34N6O2.C26H34N6O/c1-26(2)12-9-21-22(15-26)29-30-23(21)25(33)28-20-16-27-31(17-20)24(18-7-5-4-6-8-18)19-10-13-32(3,34)14-11-19;1-26(2)12-9-21-22(15-26)29-30-23(21)25(33)28-20-16-27-32(17-20)24(18-7-5-4-6-8-18)19-10-13-31(3)14-11-19/h4-8,16-17,19,24,34H,9-15H2,1-3H3,(H-,28,29,30,33);4-8,16-17,19,24H,9-15H2,1-3H3,(H,28,33)(H,29,30)/p+1. The predicted molar refractivity (Wildman–Crippen MR) is 259 cm³/mol. The predicted octanol–water partition coefficient (Wildman–Crippen LogP) is 8.51. The first-order valence-electron chi connectivity index (χ1n) is 24.3. The minimum absolute atomic E-state index is 0.0486. The van der Waals surface area contributed by atoms with Crippen LogP contribution in [0.1, 0.15) is 133 Å². The molecular formula is C52H69N12O3+. The van der Waals surface area contributed by atoms with Gasteiger partial charge in [0.2, 0.25) is 0 Å². The highest BCUT2D eigenvalue weighted by Crippen LogP contribution is 2.39. The van der Waals surface area contributed by atoms with Crippen molar-refractivity contribution in [1.82, 2.24) is 44.9 Å². The maximum Gasteiger partial charge on any atom is 0.276 e. The number of benzene rings is 2. The first kappa shape index (κ1) is 46.2. The van der Waals surface area contributed by atoms with Crippen LogP contribution in [0.2, 0.25) is 0 Å². The Kier molecular flexibility index (Phi) is 13.1. The maximum absolute atomic E-state index is 13.1. The van der Waals surface area contributed by atoms with Gasteiger partial charge in [0.25, 0.3) is 11.8 Å². The van der Waals surface area contributed by atoms with Crippen molar-refractivity contribution in [1.29, 1.82) is 0 Å². The van der Waals surface area contributed by atoms with E-state index < -0.39 is 0 Å². The Morgan fingerprint density at radius 2 is 1.10 bits per heavy atom. The molecule has 15 heteroatoms. The number of hydroxylamine groups is 3. The smallest absolute Gasteiger partial charge is 0.276 e. The van der Waals surface area contributed by atoms with Gasteiger partial charge in [-0.25, -0.2) is 5.21 Å². The highest BCUT2D eigenvalue weighted by Gasteiger charge is 2.37. The van der Waals surface area contributed by atoms with Crippen molar-refractivity contribution in [2.75, 3.05) is 50.9 Å². The van der Waals surface area contributed by atoms with Crippen LogP contribution in [0, 0.1) is 22.7 Å². The van der Waals surface area contributed by atoms with E-state index in [4.69, 9.17) is 0 Å². The average molecular weight is 910 g/mol. The van der Waals surface area contributed by atoms with E-state index in [9.17, 15) is 14.8 Å². The number of fused-ring (bicyclic) bond motifs is 2. The maximum atomic E-state index is 13.1. The van der Waals surface area contributed by atoms with Crippen molar-refractivity contribution in [2.45, 2.75) is 104 Å². The molecule has 6 aromatic rings. The minimum atomic E-state index is -0.195. The van der Waals surface area contributed by atoms with E-state index in [2.05, 4.69) is 123 Å². The summed E-state index contributed by atoms with van der Waals surface area (Å²) in [5.74, 6) is 0.501. The number of piperidine rings is 2. The zero-order chi connectivity index (χ0) is 46.9. The van der Waals surface area contributed by atoms with Gasteiger partial charge in [-0.1, -0.05) is 88.4 Å². The van der Waals surface area contributed by atoms with Crippen LogP contribution in [0.4, 0.5) is 11.4 Å². The Balaban J connectivity index is 0.000000168. The second-order valence-electron chi connectivity index (χ2n) is 21.5. The molecule has 5 N–H and O–H groups in total. The van der Waals surface area contributed by atoms with E-state index in [1.807, 2.05) is 47.0 Å². The van der Waals surface area contributed by atoms with E-state index in [0.717, 1.165) is 113 Å². The van der Waals surface area contributed by atoms with Gasteiger partial charge in [-0.05, 0) is 105 Å². The van der Waals surface area contributed by atoms with E-state index in [-0.39, 0.29) is 39.4 Å². The van der Waals surface area contributed by atoms with Gasteiger partial charge in [-0.3, -0.25) is 29.2 Å². The Bertz CT molecular complexity index is 2620. The molecule has 10 rings (SSSR count). The number of nitrogens with one attached hydrogen (secondary N) is 4.